The highest BCUT2D eigenvalue weighted by atomic mass is 16.7. The number of benzene rings is 3. The van der Waals surface area contributed by atoms with Crippen LogP contribution in [0.15, 0.2) is 84.9 Å². The van der Waals surface area contributed by atoms with Crippen LogP contribution < -0.4 is 43.2 Å². The van der Waals surface area contributed by atoms with Crippen molar-refractivity contribution in [3.05, 3.63) is 90.5 Å². The number of carbonyl (C=O) groups is 7. The molecular weight excluding hydrogens is 1130 g/mol. The van der Waals surface area contributed by atoms with Gasteiger partial charge in [0, 0.05) is 32.4 Å². The van der Waals surface area contributed by atoms with Gasteiger partial charge < -0.3 is 86.3 Å². The van der Waals surface area contributed by atoms with Crippen LogP contribution in [0.4, 0.5) is 0 Å². The third-order valence-electron chi connectivity index (χ3n) is 17.5. The summed E-state index contributed by atoms with van der Waals surface area (Å²) in [6, 6.07) is 12.7. The second kappa shape index (κ2) is 31.8. The molecule has 0 radical (unpaired) electrons. The van der Waals surface area contributed by atoms with Crippen LogP contribution in [0.1, 0.15) is 129 Å². The van der Waals surface area contributed by atoms with Gasteiger partial charge in [-0.3, -0.25) is 33.6 Å². The zero-order valence-electron chi connectivity index (χ0n) is 50.7. The first-order valence-electron chi connectivity index (χ1n) is 31.3. The molecule has 3 aromatic rings. The molecule has 16 atom stereocenters. The molecule has 0 aliphatic carbocycles. The Bertz CT molecular complexity index is 2820. The van der Waals surface area contributed by atoms with Crippen LogP contribution in [0.25, 0.3) is 0 Å². The van der Waals surface area contributed by atoms with E-state index in [2.05, 4.69) is 47.4 Å². The quantitative estimate of drug-likeness (QED) is 0.0496. The molecule has 5 aliphatic rings. The fraction of sp³-hybridized carbons (Fsp3) is 0.597. The number of aliphatic hydroxyl groups excluding tert-OH is 4. The predicted octanol–water partition coefficient (Wildman–Crippen LogP) is 0.0473. The minimum absolute atomic E-state index is 0.0230. The molecule has 26 heteroatoms. The maximum absolute atomic E-state index is 15.4. The summed E-state index contributed by atoms with van der Waals surface area (Å²) in [5, 5.41) is 69.8. The Morgan fingerprint density at radius 3 is 1.97 bits per heavy atom. The minimum Gasteiger partial charge on any atom is -0.508 e. The number of phenolic OH excluding ortho intramolecular Hbond substituents is 1. The minimum atomic E-state index is -1.90. The second-order valence-electron chi connectivity index (χ2n) is 24.4. The maximum atomic E-state index is 15.4. The molecule has 4 unspecified atom stereocenters. The molecule has 88 heavy (non-hydrogen) atoms. The summed E-state index contributed by atoms with van der Waals surface area (Å²) >= 11 is 0. The van der Waals surface area contributed by atoms with E-state index >= 15 is 14.4 Å². The lowest BCUT2D eigenvalue weighted by molar-refractivity contribution is -0.147. The van der Waals surface area contributed by atoms with E-state index in [9.17, 15) is 44.7 Å². The Labute approximate surface area is 515 Å². The predicted molar refractivity (Wildman–Crippen MR) is 324 cm³/mol. The summed E-state index contributed by atoms with van der Waals surface area (Å²) in [6.45, 7) is 7.12. The van der Waals surface area contributed by atoms with Gasteiger partial charge in [0.1, 0.15) is 54.3 Å². The number of carbonyl (C=O) groups excluding carboxylic acids is 7. The largest absolute Gasteiger partial charge is 0.508 e. The summed E-state index contributed by atoms with van der Waals surface area (Å²) < 4.78 is 25.8. The molecule has 0 saturated carbocycles. The van der Waals surface area contributed by atoms with E-state index in [-0.39, 0.29) is 38.1 Å². The number of hydrogen-bond donors (Lipinski definition) is 11. The first-order valence-corrected chi connectivity index (χ1v) is 31.3. The number of rotatable bonds is 21. The zero-order valence-corrected chi connectivity index (χ0v) is 50.7. The van der Waals surface area contributed by atoms with E-state index in [1.165, 1.54) is 37.6 Å². The highest BCUT2D eigenvalue weighted by molar-refractivity contribution is 6.62. The number of nitrogens with one attached hydrogen (secondary N) is 5. The molecule has 12 N–H and O–H groups in total. The van der Waals surface area contributed by atoms with Crippen molar-refractivity contribution < 1.29 is 77.7 Å². The molecule has 5 saturated heterocycles. The summed E-state index contributed by atoms with van der Waals surface area (Å²) in [7, 11) is -2.35. The van der Waals surface area contributed by atoms with Crippen LogP contribution in [0.5, 0.6) is 5.75 Å². The lowest BCUT2D eigenvalue weighted by Gasteiger charge is -2.35. The molecule has 0 spiro atoms. The van der Waals surface area contributed by atoms with Crippen LogP contribution in [0.3, 0.4) is 0 Å². The molecule has 0 aromatic heterocycles. The van der Waals surface area contributed by atoms with Crippen molar-refractivity contribution in [3.63, 3.8) is 0 Å². The summed E-state index contributed by atoms with van der Waals surface area (Å²) in [6.07, 6.45) is -3.94. The lowest BCUT2D eigenvalue weighted by Crippen LogP contribution is -2.64. The third kappa shape index (κ3) is 17.3. The summed E-state index contributed by atoms with van der Waals surface area (Å²) in [4.78, 5) is 106. The van der Waals surface area contributed by atoms with Crippen LogP contribution in [0.2, 0.25) is 0 Å². The van der Waals surface area contributed by atoms with Crippen LogP contribution >= 0.6 is 0 Å². The number of unbranched alkanes of at least 4 members (excludes halogenated alkanes) is 5. The molecule has 0 bridgehead atoms. The van der Waals surface area contributed by atoms with Gasteiger partial charge in [-0.05, 0) is 79.6 Å². The molecule has 5 aliphatic heterocycles. The lowest BCUT2D eigenvalue weighted by atomic mass is 9.79. The SMILES string of the molecule is CCC(C)CC(C)CCCCCCCCC(=O)NC1C[C@H]2OB(c3ccccc3)O[C@H]2NC(=O)C2[C@@H](O)CCN2C(=O)[C@H]([C@H](O)CCN)NC(=O)[C@H]([C@@H]2OB(c3ccccc3)O[C@@H]2c2ccc(O)cc2)NC(=O)[C@@H]2C[C@@H](O)CN2C(=O)[C@H]([C@H](C)O)NC1=O. The first kappa shape index (κ1) is 67.5. The molecule has 478 valence electrons. The fourth-order valence-corrected chi connectivity index (χ4v) is 12.5. The number of fused-ring (bicyclic) bond motifs is 3. The van der Waals surface area contributed by atoms with Gasteiger partial charge in [0.05, 0.1) is 36.6 Å². The van der Waals surface area contributed by atoms with Gasteiger partial charge in [0.2, 0.25) is 41.4 Å². The van der Waals surface area contributed by atoms with Gasteiger partial charge in [0.25, 0.3) is 0 Å². The van der Waals surface area contributed by atoms with Crippen molar-refractivity contribution in [3.8, 4) is 5.75 Å². The van der Waals surface area contributed by atoms with Crippen molar-refractivity contribution in [2.45, 2.75) is 203 Å². The van der Waals surface area contributed by atoms with Crippen molar-refractivity contribution in [1.82, 2.24) is 36.4 Å². The molecular formula is C62H88B2N8O16. The van der Waals surface area contributed by atoms with Crippen LogP contribution in [-0.2, 0) is 52.2 Å². The van der Waals surface area contributed by atoms with E-state index in [4.69, 9.17) is 24.4 Å². The van der Waals surface area contributed by atoms with Gasteiger partial charge in [-0.25, -0.2) is 0 Å². The zero-order chi connectivity index (χ0) is 63.2. The summed E-state index contributed by atoms with van der Waals surface area (Å²) in [5.41, 5.74) is 7.31. The van der Waals surface area contributed by atoms with E-state index in [0.717, 1.165) is 54.7 Å². The Kier molecular flexibility index (Phi) is 24.4. The van der Waals surface area contributed by atoms with E-state index < -0.39 is 160 Å². The number of nitrogens with two attached hydrogens (primary N) is 1. The van der Waals surface area contributed by atoms with E-state index in [1.807, 2.05) is 0 Å². The van der Waals surface area contributed by atoms with Gasteiger partial charge in [0.15, 0.2) is 0 Å². The topological polar surface area (TPSA) is 350 Å². The molecule has 5 heterocycles. The Morgan fingerprint density at radius 1 is 0.693 bits per heavy atom. The van der Waals surface area contributed by atoms with Crippen molar-refractivity contribution in [1.29, 1.82) is 0 Å². The van der Waals surface area contributed by atoms with Crippen molar-refractivity contribution in [2.75, 3.05) is 19.6 Å². The molecule has 5 fully saturated rings. The van der Waals surface area contributed by atoms with Gasteiger partial charge >= 0.3 is 14.2 Å². The van der Waals surface area contributed by atoms with Crippen LogP contribution in [0, 0.1) is 11.8 Å². The summed E-state index contributed by atoms with van der Waals surface area (Å²) in [5.74, 6) is -5.38. The van der Waals surface area contributed by atoms with Crippen molar-refractivity contribution in [2.24, 2.45) is 17.6 Å². The number of aliphatic hydroxyl groups is 4. The van der Waals surface area contributed by atoms with Gasteiger partial charge in [-0.1, -0.05) is 139 Å². The highest BCUT2D eigenvalue weighted by Crippen LogP contribution is 2.35. The second-order valence-corrected chi connectivity index (χ2v) is 24.4. The molecule has 8 rings (SSSR count). The monoisotopic (exact) mass is 1220 g/mol. The average molecular weight is 1220 g/mol. The van der Waals surface area contributed by atoms with Gasteiger partial charge in [-0.15, -0.1) is 0 Å². The molecule has 7 amide bonds. The average Bonchev–Trinajstić information content (AvgIpc) is 3.13. The Morgan fingerprint density at radius 2 is 1.32 bits per heavy atom. The molecule has 3 aromatic carbocycles. The number of nitrogens with zero attached hydrogens (tertiary/aromatic N) is 2. The Hall–Kier alpha value is -6.48. The standard InChI is InChI=1S/C62H88B2N8O16/c1-5-36(2)32-37(3)18-12-8-6-7-9-17-23-49(78)66-44-34-48-60(88-63(85-48)40-19-13-10-14-20-40)70-59(82)53-47(77)29-31-71(53)62(84)51(46(76)28-30-65)68-58(81)52(69-57(80)45-33-43(75)35-72(45)61(83)50(38(4)73)67-56(44)79)55-54(39-24-26-42(74)27-25-39)86-64(87-55)41-21-15-11-16-22-41/h10-11,13-16,19-22,24-27,36-38,43-48,50-55,60,73-77H,5-9,12,17-18,23,28-35,65H2,1-4H3,(H,66,78)(H,67,79)(H,68,81)(H,69,80)(H,70,82)/t36?,37?,38-,43+,44?,45-,46+,47-,48+,50-,51-,52-,53?,54+,55-,60+/m0/s1. The normalized spacial score (nSPS) is 29.0. The number of phenols is 1. The first-order chi connectivity index (χ1) is 42.2. The fourth-order valence-electron chi connectivity index (χ4n) is 12.5. The van der Waals surface area contributed by atoms with Crippen LogP contribution in [-0.4, -0.2) is 190 Å². The smallest absolute Gasteiger partial charge is 0.495 e. The number of hydrogen-bond acceptors (Lipinski definition) is 17. The van der Waals surface area contributed by atoms with E-state index in [1.54, 1.807) is 60.7 Å². The molecule has 24 nitrogen and oxygen atoms in total. The van der Waals surface area contributed by atoms with Crippen molar-refractivity contribution >= 4 is 66.5 Å². The number of amides is 7. The third-order valence-corrected chi connectivity index (χ3v) is 17.5. The maximum Gasteiger partial charge on any atom is 0.495 e. The Balaban J connectivity index is 1.14. The van der Waals surface area contributed by atoms with E-state index in [0.29, 0.717) is 34.7 Å². The number of aromatic hydroxyl groups is 1. The highest BCUT2D eigenvalue weighted by Gasteiger charge is 2.53. The van der Waals surface area contributed by atoms with Gasteiger partial charge in [-0.2, -0.15) is 0 Å².